The number of hydrogen-bond donors (Lipinski definition) is 1. The standard InChI is InChI=1S/C12H24N2O2/c1-2-4-12(5-3-1)13-16-11-8-14-6-9-15-10-7-14/h12-13H,1-11H2. The van der Waals surface area contributed by atoms with Crippen LogP contribution in [0.5, 0.6) is 0 Å². The second kappa shape index (κ2) is 7.22. The van der Waals surface area contributed by atoms with Crippen LogP contribution in [0.3, 0.4) is 0 Å². The summed E-state index contributed by atoms with van der Waals surface area (Å²) in [6.07, 6.45) is 6.65. The van der Waals surface area contributed by atoms with Crippen molar-refractivity contribution < 1.29 is 9.57 Å². The van der Waals surface area contributed by atoms with E-state index in [2.05, 4.69) is 10.4 Å². The van der Waals surface area contributed by atoms with Crippen molar-refractivity contribution in [1.29, 1.82) is 0 Å². The van der Waals surface area contributed by atoms with Crippen LogP contribution in [0, 0.1) is 0 Å². The molecule has 4 heteroatoms. The molecule has 0 aromatic rings. The quantitative estimate of drug-likeness (QED) is 0.566. The van der Waals surface area contributed by atoms with Gasteiger partial charge < -0.3 is 9.57 Å². The Hall–Kier alpha value is -0.160. The average Bonchev–Trinajstić information content (AvgIpc) is 2.37. The van der Waals surface area contributed by atoms with Gasteiger partial charge in [-0.25, -0.2) is 0 Å². The lowest BCUT2D eigenvalue weighted by molar-refractivity contribution is -0.0213. The Morgan fingerprint density at radius 2 is 1.88 bits per heavy atom. The average molecular weight is 228 g/mol. The molecule has 0 aromatic carbocycles. The van der Waals surface area contributed by atoms with E-state index in [9.17, 15) is 0 Å². The maximum atomic E-state index is 5.54. The molecule has 4 nitrogen and oxygen atoms in total. The highest BCUT2D eigenvalue weighted by atomic mass is 16.6. The van der Waals surface area contributed by atoms with E-state index in [0.29, 0.717) is 6.04 Å². The fraction of sp³-hybridized carbons (Fsp3) is 1.00. The Morgan fingerprint density at radius 3 is 2.62 bits per heavy atom. The Morgan fingerprint density at radius 1 is 1.12 bits per heavy atom. The van der Waals surface area contributed by atoms with Gasteiger partial charge in [0.2, 0.25) is 0 Å². The van der Waals surface area contributed by atoms with Gasteiger partial charge in [0.05, 0.1) is 19.8 Å². The normalized spacial score (nSPS) is 24.8. The smallest absolute Gasteiger partial charge is 0.0809 e. The first-order chi connectivity index (χ1) is 7.95. The van der Waals surface area contributed by atoms with Crippen LogP contribution in [0.25, 0.3) is 0 Å². The van der Waals surface area contributed by atoms with Crippen molar-refractivity contribution >= 4 is 0 Å². The number of hydrogen-bond acceptors (Lipinski definition) is 4. The lowest BCUT2D eigenvalue weighted by Gasteiger charge is -2.27. The molecule has 0 aromatic heterocycles. The molecular formula is C12H24N2O2. The Balaban J connectivity index is 1.47. The van der Waals surface area contributed by atoms with E-state index in [1.165, 1.54) is 32.1 Å². The molecule has 2 fully saturated rings. The summed E-state index contributed by atoms with van der Waals surface area (Å²) in [5, 5.41) is 0. The van der Waals surface area contributed by atoms with Crippen LogP contribution in [0.2, 0.25) is 0 Å². The largest absolute Gasteiger partial charge is 0.379 e. The first kappa shape index (κ1) is 12.3. The number of nitrogens with one attached hydrogen (secondary N) is 1. The second-order valence-electron chi connectivity index (χ2n) is 4.76. The number of nitrogens with zero attached hydrogens (tertiary/aromatic N) is 1. The van der Waals surface area contributed by atoms with Crippen LogP contribution in [0.4, 0.5) is 0 Å². The maximum Gasteiger partial charge on any atom is 0.0809 e. The number of morpholine rings is 1. The monoisotopic (exact) mass is 228 g/mol. The van der Waals surface area contributed by atoms with Gasteiger partial charge in [0.25, 0.3) is 0 Å². The maximum absolute atomic E-state index is 5.54. The van der Waals surface area contributed by atoms with Crippen molar-refractivity contribution in [2.24, 2.45) is 0 Å². The molecule has 2 aliphatic rings. The highest BCUT2D eigenvalue weighted by molar-refractivity contribution is 4.68. The third kappa shape index (κ3) is 4.37. The van der Waals surface area contributed by atoms with Crippen LogP contribution in [-0.2, 0) is 9.57 Å². The molecule has 1 N–H and O–H groups in total. The van der Waals surface area contributed by atoms with Crippen molar-refractivity contribution in [3.63, 3.8) is 0 Å². The summed E-state index contributed by atoms with van der Waals surface area (Å²) in [5.41, 5.74) is 3.20. The number of rotatable bonds is 5. The van der Waals surface area contributed by atoms with E-state index in [4.69, 9.17) is 9.57 Å². The predicted octanol–water partition coefficient (Wildman–Crippen LogP) is 1.17. The van der Waals surface area contributed by atoms with Gasteiger partial charge >= 0.3 is 0 Å². The molecule has 16 heavy (non-hydrogen) atoms. The third-order valence-corrected chi connectivity index (χ3v) is 3.47. The van der Waals surface area contributed by atoms with Gasteiger partial charge in [0, 0.05) is 25.7 Å². The zero-order valence-corrected chi connectivity index (χ0v) is 10.1. The van der Waals surface area contributed by atoms with Gasteiger partial charge in [-0.1, -0.05) is 19.3 Å². The van der Waals surface area contributed by atoms with E-state index in [1.54, 1.807) is 0 Å². The first-order valence-corrected chi connectivity index (χ1v) is 6.62. The first-order valence-electron chi connectivity index (χ1n) is 6.62. The van der Waals surface area contributed by atoms with Crippen molar-refractivity contribution in [3.05, 3.63) is 0 Å². The van der Waals surface area contributed by atoms with Gasteiger partial charge in [-0.15, -0.1) is 0 Å². The van der Waals surface area contributed by atoms with Crippen molar-refractivity contribution in [1.82, 2.24) is 10.4 Å². The van der Waals surface area contributed by atoms with Crippen LogP contribution < -0.4 is 5.48 Å². The molecule has 1 aliphatic heterocycles. The van der Waals surface area contributed by atoms with E-state index in [-0.39, 0.29) is 0 Å². The zero-order valence-electron chi connectivity index (χ0n) is 10.1. The molecule has 0 radical (unpaired) electrons. The van der Waals surface area contributed by atoms with Crippen molar-refractivity contribution in [2.45, 2.75) is 38.1 Å². The van der Waals surface area contributed by atoms with E-state index in [0.717, 1.165) is 39.5 Å². The molecule has 1 aliphatic carbocycles. The van der Waals surface area contributed by atoms with Gasteiger partial charge in [0.1, 0.15) is 0 Å². The summed E-state index contributed by atoms with van der Waals surface area (Å²) in [5.74, 6) is 0. The third-order valence-electron chi connectivity index (χ3n) is 3.47. The predicted molar refractivity (Wildman–Crippen MR) is 63.2 cm³/mol. The molecule has 0 unspecified atom stereocenters. The summed E-state index contributed by atoms with van der Waals surface area (Å²) >= 11 is 0. The highest BCUT2D eigenvalue weighted by Gasteiger charge is 2.13. The van der Waals surface area contributed by atoms with Gasteiger partial charge in [-0.05, 0) is 12.8 Å². The van der Waals surface area contributed by atoms with Crippen LogP contribution in [-0.4, -0.2) is 50.4 Å². The van der Waals surface area contributed by atoms with Gasteiger partial charge in [-0.3, -0.25) is 4.90 Å². The number of ether oxygens (including phenoxy) is 1. The van der Waals surface area contributed by atoms with E-state index >= 15 is 0 Å². The molecule has 2 rings (SSSR count). The van der Waals surface area contributed by atoms with Crippen molar-refractivity contribution in [2.75, 3.05) is 39.5 Å². The second-order valence-corrected chi connectivity index (χ2v) is 4.76. The number of hydroxylamine groups is 1. The molecule has 0 bridgehead atoms. The fourth-order valence-electron chi connectivity index (χ4n) is 2.40. The zero-order chi connectivity index (χ0) is 11.1. The van der Waals surface area contributed by atoms with Crippen LogP contribution in [0.1, 0.15) is 32.1 Å². The molecule has 1 heterocycles. The summed E-state index contributed by atoms with van der Waals surface area (Å²) in [7, 11) is 0. The molecule has 94 valence electrons. The minimum atomic E-state index is 0.596. The highest BCUT2D eigenvalue weighted by Crippen LogP contribution is 2.17. The van der Waals surface area contributed by atoms with Crippen molar-refractivity contribution in [3.8, 4) is 0 Å². The van der Waals surface area contributed by atoms with Gasteiger partial charge in [0.15, 0.2) is 0 Å². The molecule has 0 atom stereocenters. The molecule has 1 saturated carbocycles. The Labute approximate surface area is 98.2 Å². The SMILES string of the molecule is C1CCC(NOCCN2CCOCC2)CC1. The molecule has 0 spiro atoms. The van der Waals surface area contributed by atoms with Crippen LogP contribution in [0.15, 0.2) is 0 Å². The summed E-state index contributed by atoms with van der Waals surface area (Å²) in [4.78, 5) is 7.94. The van der Waals surface area contributed by atoms with Gasteiger partial charge in [-0.2, -0.15) is 5.48 Å². The van der Waals surface area contributed by atoms with E-state index in [1.807, 2.05) is 0 Å². The minimum Gasteiger partial charge on any atom is -0.379 e. The lowest BCUT2D eigenvalue weighted by atomic mass is 9.96. The minimum absolute atomic E-state index is 0.596. The lowest BCUT2D eigenvalue weighted by Crippen LogP contribution is -2.40. The Kier molecular flexibility index (Phi) is 5.55. The molecule has 0 amide bonds. The summed E-state index contributed by atoms with van der Waals surface area (Å²) in [6.45, 7) is 5.64. The summed E-state index contributed by atoms with van der Waals surface area (Å²) < 4.78 is 5.30. The topological polar surface area (TPSA) is 33.7 Å². The fourth-order valence-corrected chi connectivity index (χ4v) is 2.40. The molecule has 1 saturated heterocycles. The summed E-state index contributed by atoms with van der Waals surface area (Å²) in [6, 6.07) is 0.596. The van der Waals surface area contributed by atoms with Crippen LogP contribution >= 0.6 is 0 Å². The molecular weight excluding hydrogens is 204 g/mol. The Bertz CT molecular complexity index is 158. The van der Waals surface area contributed by atoms with E-state index < -0.39 is 0 Å².